The highest BCUT2D eigenvalue weighted by atomic mass is 79.9. The molecule has 8 heteroatoms. The van der Waals surface area contributed by atoms with E-state index in [1.165, 1.54) is 18.3 Å². The molecule has 19 heavy (non-hydrogen) atoms. The van der Waals surface area contributed by atoms with Gasteiger partial charge in [-0.3, -0.25) is 0 Å². The summed E-state index contributed by atoms with van der Waals surface area (Å²) in [6, 6.07) is 3.54. The van der Waals surface area contributed by atoms with E-state index in [-0.39, 0.29) is 10.7 Å². The molecule has 0 unspecified atom stereocenters. The van der Waals surface area contributed by atoms with Crippen LogP contribution in [0.4, 0.5) is 13.2 Å². The summed E-state index contributed by atoms with van der Waals surface area (Å²) in [6.45, 7) is 0. The van der Waals surface area contributed by atoms with Crippen LogP contribution in [0.2, 0.25) is 5.02 Å². The van der Waals surface area contributed by atoms with Crippen molar-refractivity contribution >= 4 is 27.5 Å². The summed E-state index contributed by atoms with van der Waals surface area (Å²) < 4.78 is 39.9. The minimum Gasteiger partial charge on any atom is -0.220 e. The monoisotopic (exact) mass is 353 g/mol. The molecule has 102 valence electrons. The molecule has 0 bridgehead atoms. The van der Waals surface area contributed by atoms with Crippen LogP contribution < -0.4 is 0 Å². The molecule has 1 aromatic carbocycles. The van der Waals surface area contributed by atoms with Gasteiger partial charge in [0.15, 0.2) is 0 Å². The Labute approximate surface area is 120 Å². The van der Waals surface area contributed by atoms with Gasteiger partial charge in [-0.2, -0.15) is 13.2 Å². The Morgan fingerprint density at radius 3 is 2.68 bits per heavy atom. The quantitative estimate of drug-likeness (QED) is 0.783. The van der Waals surface area contributed by atoms with Crippen LogP contribution >= 0.6 is 27.5 Å². The van der Waals surface area contributed by atoms with Crippen molar-refractivity contribution in [1.82, 2.24) is 15.0 Å². The van der Waals surface area contributed by atoms with Crippen LogP contribution in [0.5, 0.6) is 0 Å². The Kier molecular flexibility index (Phi) is 4.15. The zero-order valence-corrected chi connectivity index (χ0v) is 11.8. The molecular weight excluding hydrogens is 346 g/mol. The summed E-state index contributed by atoms with van der Waals surface area (Å²) in [5.41, 5.74) is -0.319. The highest BCUT2D eigenvalue weighted by molar-refractivity contribution is 9.09. The van der Waals surface area contributed by atoms with E-state index in [4.69, 9.17) is 11.6 Å². The zero-order valence-electron chi connectivity index (χ0n) is 9.46. The molecule has 0 N–H and O–H groups in total. The van der Waals surface area contributed by atoms with Gasteiger partial charge in [0, 0.05) is 16.8 Å². The maximum atomic E-state index is 12.9. The van der Waals surface area contributed by atoms with E-state index in [1.54, 1.807) is 0 Å². The Morgan fingerprint density at radius 2 is 2.05 bits per heavy atom. The zero-order chi connectivity index (χ0) is 14.0. The molecule has 0 radical (unpaired) electrons. The second-order valence-electron chi connectivity index (χ2n) is 3.75. The summed E-state index contributed by atoms with van der Waals surface area (Å²) in [4.78, 5) is 0. The number of halogens is 5. The van der Waals surface area contributed by atoms with Gasteiger partial charge in [0.05, 0.1) is 23.1 Å². The van der Waals surface area contributed by atoms with Crippen molar-refractivity contribution in [2.45, 2.75) is 12.6 Å². The van der Waals surface area contributed by atoms with Gasteiger partial charge in [0.25, 0.3) is 0 Å². The fraction of sp³-hybridized carbons (Fsp3) is 0.273. The summed E-state index contributed by atoms with van der Waals surface area (Å²) >= 11 is 8.85. The minimum atomic E-state index is -4.50. The highest BCUT2D eigenvalue weighted by Crippen LogP contribution is 2.35. The molecule has 0 aliphatic heterocycles. The van der Waals surface area contributed by atoms with Crippen molar-refractivity contribution in [2.24, 2.45) is 0 Å². The minimum absolute atomic E-state index is 0.0249. The van der Waals surface area contributed by atoms with Crippen molar-refractivity contribution < 1.29 is 13.2 Å². The van der Waals surface area contributed by atoms with Gasteiger partial charge in [-0.25, -0.2) is 4.68 Å². The van der Waals surface area contributed by atoms with Crippen molar-refractivity contribution in [1.29, 1.82) is 0 Å². The van der Waals surface area contributed by atoms with Gasteiger partial charge in [-0.15, -0.1) is 5.10 Å². The number of nitrogens with zero attached hydrogens (tertiary/aromatic N) is 3. The Hall–Kier alpha value is -1.08. The molecule has 0 aliphatic rings. The molecule has 3 nitrogen and oxygen atoms in total. The Morgan fingerprint density at radius 1 is 1.32 bits per heavy atom. The van der Waals surface area contributed by atoms with Crippen molar-refractivity contribution in [3.63, 3.8) is 0 Å². The normalized spacial score (nSPS) is 11.8. The van der Waals surface area contributed by atoms with Crippen LogP contribution in [0.1, 0.15) is 11.3 Å². The largest absolute Gasteiger partial charge is 0.418 e. The van der Waals surface area contributed by atoms with Gasteiger partial charge in [0.1, 0.15) is 0 Å². The van der Waals surface area contributed by atoms with Crippen LogP contribution in [-0.4, -0.2) is 20.3 Å². The van der Waals surface area contributed by atoms with Crippen LogP contribution in [0.15, 0.2) is 24.4 Å². The second-order valence-corrected chi connectivity index (χ2v) is 4.98. The number of benzene rings is 1. The highest BCUT2D eigenvalue weighted by Gasteiger charge is 2.34. The maximum absolute atomic E-state index is 12.9. The number of aromatic nitrogens is 3. The first-order chi connectivity index (χ1) is 8.91. The number of aryl methyl sites for hydroxylation is 1. The standard InChI is InChI=1S/C11H8BrClF3N3/c12-4-3-8-6-19(18-17-8)10-2-1-7(13)5-9(10)11(14,15)16/h1-2,5-6H,3-4H2. The molecule has 0 aliphatic carbocycles. The lowest BCUT2D eigenvalue weighted by Crippen LogP contribution is -2.11. The fourth-order valence-electron chi connectivity index (χ4n) is 1.56. The topological polar surface area (TPSA) is 30.7 Å². The summed E-state index contributed by atoms with van der Waals surface area (Å²) in [6.07, 6.45) is -2.43. The summed E-state index contributed by atoms with van der Waals surface area (Å²) in [5.74, 6) is 0. The van der Waals surface area contributed by atoms with Crippen molar-refractivity contribution in [3.8, 4) is 5.69 Å². The average Bonchev–Trinajstić information content (AvgIpc) is 2.77. The van der Waals surface area contributed by atoms with Crippen molar-refractivity contribution in [3.05, 3.63) is 40.7 Å². The molecule has 2 rings (SSSR count). The van der Waals surface area contributed by atoms with E-state index >= 15 is 0 Å². The molecule has 1 aromatic heterocycles. The SMILES string of the molecule is FC(F)(F)c1cc(Cl)ccc1-n1cc(CCBr)nn1. The van der Waals surface area contributed by atoms with Crippen LogP contribution in [0.25, 0.3) is 5.69 Å². The Bertz CT molecular complexity index is 583. The average molecular weight is 355 g/mol. The van der Waals surface area contributed by atoms with E-state index in [1.807, 2.05) is 0 Å². The van der Waals surface area contributed by atoms with Gasteiger partial charge < -0.3 is 0 Å². The molecule has 0 atom stereocenters. The molecule has 2 aromatic rings. The lowest BCUT2D eigenvalue weighted by molar-refractivity contribution is -0.137. The second kappa shape index (κ2) is 5.50. The smallest absolute Gasteiger partial charge is 0.220 e. The molecule has 0 spiro atoms. The lowest BCUT2D eigenvalue weighted by Gasteiger charge is -2.12. The third-order valence-corrected chi connectivity index (χ3v) is 3.03. The third-order valence-electron chi connectivity index (χ3n) is 2.40. The van der Waals surface area contributed by atoms with E-state index in [0.717, 1.165) is 10.7 Å². The first kappa shape index (κ1) is 14.3. The fourth-order valence-corrected chi connectivity index (χ4v) is 2.14. The third kappa shape index (κ3) is 3.27. The van der Waals surface area contributed by atoms with Gasteiger partial charge >= 0.3 is 6.18 Å². The molecule has 1 heterocycles. The van der Waals surface area contributed by atoms with Crippen LogP contribution in [0.3, 0.4) is 0 Å². The predicted molar refractivity (Wildman–Crippen MR) is 68.9 cm³/mol. The lowest BCUT2D eigenvalue weighted by atomic mass is 10.1. The van der Waals surface area contributed by atoms with Gasteiger partial charge in [-0.1, -0.05) is 32.7 Å². The maximum Gasteiger partial charge on any atom is 0.418 e. The van der Waals surface area contributed by atoms with Crippen LogP contribution in [-0.2, 0) is 12.6 Å². The van der Waals surface area contributed by atoms with E-state index in [9.17, 15) is 13.2 Å². The molecule has 0 amide bonds. The molecule has 0 saturated carbocycles. The molecule has 0 saturated heterocycles. The molecular formula is C11H8BrClF3N3. The van der Waals surface area contributed by atoms with Crippen LogP contribution in [0, 0.1) is 0 Å². The van der Waals surface area contributed by atoms with Gasteiger partial charge in [-0.05, 0) is 18.2 Å². The number of hydrogen-bond donors (Lipinski definition) is 0. The predicted octanol–water partition coefficient (Wildman–Crippen LogP) is 3.88. The first-order valence-corrected chi connectivity index (χ1v) is 6.76. The Balaban J connectivity index is 2.48. The summed E-state index contributed by atoms with van der Waals surface area (Å²) in [5, 5.41) is 8.21. The number of hydrogen-bond acceptors (Lipinski definition) is 2. The number of alkyl halides is 4. The van der Waals surface area contributed by atoms with Gasteiger partial charge in [0.2, 0.25) is 0 Å². The van der Waals surface area contributed by atoms with E-state index in [0.29, 0.717) is 17.4 Å². The first-order valence-electron chi connectivity index (χ1n) is 5.26. The molecule has 0 fully saturated rings. The van der Waals surface area contributed by atoms with Crippen molar-refractivity contribution in [2.75, 3.05) is 5.33 Å². The summed E-state index contributed by atoms with van der Waals surface area (Å²) in [7, 11) is 0. The number of rotatable bonds is 3. The van der Waals surface area contributed by atoms with E-state index in [2.05, 4.69) is 26.2 Å². The van der Waals surface area contributed by atoms with E-state index < -0.39 is 11.7 Å².